The number of anilines is 1. The number of thioether (sulfide) groups is 1. The fourth-order valence-corrected chi connectivity index (χ4v) is 5.06. The maximum Gasteiger partial charge on any atom is 0.234 e. The van der Waals surface area contributed by atoms with Crippen LogP contribution in [-0.2, 0) is 11.2 Å². The Morgan fingerprint density at radius 1 is 1.11 bits per heavy atom. The highest BCUT2D eigenvalue weighted by atomic mass is 35.5. The maximum atomic E-state index is 12.3. The van der Waals surface area contributed by atoms with Gasteiger partial charge in [-0.15, -0.1) is 11.3 Å². The molecule has 0 saturated heterocycles. The predicted molar refractivity (Wildman–Crippen MR) is 121 cm³/mol. The number of benzene rings is 2. The average Bonchev–Trinajstić information content (AvgIpc) is 2.99. The summed E-state index contributed by atoms with van der Waals surface area (Å²) in [7, 11) is 0. The molecule has 28 heavy (non-hydrogen) atoms. The van der Waals surface area contributed by atoms with Gasteiger partial charge < -0.3 is 5.32 Å². The van der Waals surface area contributed by atoms with Gasteiger partial charge >= 0.3 is 0 Å². The van der Waals surface area contributed by atoms with Gasteiger partial charge in [0.1, 0.15) is 0 Å². The fraction of sp³-hybridized carbons (Fsp3) is 0.238. The minimum atomic E-state index is -0.0412. The summed E-state index contributed by atoms with van der Waals surface area (Å²) in [5.74, 6) is 0.276. The molecule has 0 bridgehead atoms. The zero-order valence-corrected chi connectivity index (χ0v) is 19.0. The number of hydrogen-bond acceptors (Lipinski definition) is 4. The van der Waals surface area contributed by atoms with E-state index in [1.165, 1.54) is 17.3 Å². The van der Waals surface area contributed by atoms with Gasteiger partial charge in [-0.1, -0.05) is 41.0 Å². The van der Waals surface area contributed by atoms with Crippen LogP contribution in [0.5, 0.6) is 0 Å². The molecule has 3 nitrogen and oxygen atoms in total. The topological polar surface area (TPSA) is 42.0 Å². The Labute approximate surface area is 183 Å². The summed E-state index contributed by atoms with van der Waals surface area (Å²) in [5, 5.41) is 4.30. The summed E-state index contributed by atoms with van der Waals surface area (Å²) in [6, 6.07) is 11.4. The first-order valence-electron chi connectivity index (χ1n) is 8.72. The molecule has 1 aromatic heterocycles. The molecule has 1 amide bonds. The van der Waals surface area contributed by atoms with Crippen LogP contribution in [0.1, 0.15) is 27.3 Å². The smallest absolute Gasteiger partial charge is 0.234 e. The van der Waals surface area contributed by atoms with E-state index in [0.717, 1.165) is 31.7 Å². The van der Waals surface area contributed by atoms with E-state index < -0.39 is 0 Å². The Hall–Kier alpha value is -1.53. The van der Waals surface area contributed by atoms with Gasteiger partial charge in [-0.3, -0.25) is 4.79 Å². The molecule has 0 aliphatic heterocycles. The first-order valence-corrected chi connectivity index (χ1v) is 11.3. The van der Waals surface area contributed by atoms with Crippen LogP contribution in [0.25, 0.3) is 0 Å². The molecule has 1 heterocycles. The SMILES string of the molecule is Cc1ccc(NC(=O)CSc2nc(C)c(Cc3cc(Cl)ccc3Cl)s2)cc1C. The lowest BCUT2D eigenvalue weighted by atomic mass is 10.1. The first kappa shape index (κ1) is 21.2. The van der Waals surface area contributed by atoms with Crippen LogP contribution in [0.2, 0.25) is 10.0 Å². The number of hydrogen-bond donors (Lipinski definition) is 1. The molecule has 1 N–H and O–H groups in total. The van der Waals surface area contributed by atoms with Crippen molar-refractivity contribution in [1.82, 2.24) is 4.98 Å². The summed E-state index contributed by atoms with van der Waals surface area (Å²) in [6.07, 6.45) is 0.679. The highest BCUT2D eigenvalue weighted by Crippen LogP contribution is 2.31. The van der Waals surface area contributed by atoms with Crippen molar-refractivity contribution in [1.29, 1.82) is 0 Å². The average molecular weight is 451 g/mol. The van der Waals surface area contributed by atoms with Gasteiger partial charge in [-0.2, -0.15) is 0 Å². The maximum absolute atomic E-state index is 12.3. The Morgan fingerprint density at radius 3 is 2.64 bits per heavy atom. The van der Waals surface area contributed by atoms with E-state index in [9.17, 15) is 4.79 Å². The number of aromatic nitrogens is 1. The van der Waals surface area contributed by atoms with Crippen LogP contribution >= 0.6 is 46.3 Å². The predicted octanol–water partition coefficient (Wildman–Crippen LogP) is 6.70. The molecule has 3 rings (SSSR count). The molecule has 0 radical (unpaired) electrons. The van der Waals surface area contributed by atoms with Crippen LogP contribution in [0.15, 0.2) is 40.7 Å². The summed E-state index contributed by atoms with van der Waals surface area (Å²) >= 11 is 15.4. The van der Waals surface area contributed by atoms with E-state index in [-0.39, 0.29) is 5.91 Å². The van der Waals surface area contributed by atoms with Crippen molar-refractivity contribution in [3.05, 3.63) is 73.7 Å². The second kappa shape index (κ2) is 9.31. The van der Waals surface area contributed by atoms with Crippen LogP contribution < -0.4 is 5.32 Å². The third-order valence-corrected chi connectivity index (χ3v) is 7.25. The van der Waals surface area contributed by atoms with Crippen molar-refractivity contribution < 1.29 is 4.79 Å². The molecular weight excluding hydrogens is 431 g/mol. The van der Waals surface area contributed by atoms with Gasteiger partial charge in [-0.25, -0.2) is 4.98 Å². The molecule has 146 valence electrons. The Morgan fingerprint density at radius 2 is 1.89 bits per heavy atom. The minimum absolute atomic E-state index is 0.0412. The summed E-state index contributed by atoms with van der Waals surface area (Å²) in [5.41, 5.74) is 5.12. The minimum Gasteiger partial charge on any atom is -0.325 e. The number of nitrogens with one attached hydrogen (secondary N) is 1. The molecule has 0 spiro atoms. The van der Waals surface area contributed by atoms with Crippen LogP contribution in [0.3, 0.4) is 0 Å². The Kier molecular flexibility index (Phi) is 7.05. The highest BCUT2D eigenvalue weighted by molar-refractivity contribution is 8.01. The van der Waals surface area contributed by atoms with E-state index >= 15 is 0 Å². The number of rotatable bonds is 6. The quantitative estimate of drug-likeness (QED) is 0.424. The molecule has 0 aliphatic carbocycles. The van der Waals surface area contributed by atoms with E-state index in [0.29, 0.717) is 22.2 Å². The summed E-state index contributed by atoms with van der Waals surface area (Å²) < 4.78 is 0.876. The number of thiazole rings is 1. The zero-order valence-electron chi connectivity index (χ0n) is 15.8. The zero-order chi connectivity index (χ0) is 20.3. The molecular formula is C21H20Cl2N2OS2. The third kappa shape index (κ3) is 5.51. The molecule has 0 aliphatic rings. The Balaban J connectivity index is 1.61. The number of carbonyl (C=O) groups is 1. The van der Waals surface area contributed by atoms with Crippen molar-refractivity contribution in [3.63, 3.8) is 0 Å². The van der Waals surface area contributed by atoms with Crippen molar-refractivity contribution in [2.45, 2.75) is 31.5 Å². The van der Waals surface area contributed by atoms with Gasteiger partial charge in [0.25, 0.3) is 0 Å². The fourth-order valence-electron chi connectivity index (χ4n) is 2.62. The number of amides is 1. The monoisotopic (exact) mass is 450 g/mol. The Bertz CT molecular complexity index is 1020. The summed E-state index contributed by atoms with van der Waals surface area (Å²) in [4.78, 5) is 18.0. The van der Waals surface area contributed by atoms with Crippen molar-refractivity contribution in [2.24, 2.45) is 0 Å². The van der Waals surface area contributed by atoms with Crippen molar-refractivity contribution >= 4 is 57.9 Å². The van der Waals surface area contributed by atoms with Crippen LogP contribution in [0, 0.1) is 20.8 Å². The van der Waals surface area contributed by atoms with Crippen LogP contribution in [-0.4, -0.2) is 16.6 Å². The number of carbonyl (C=O) groups excluding carboxylic acids is 1. The molecule has 0 saturated carbocycles. The third-order valence-electron chi connectivity index (χ3n) is 4.35. The first-order chi connectivity index (χ1) is 13.3. The molecule has 0 atom stereocenters. The normalized spacial score (nSPS) is 10.9. The number of aryl methyl sites for hydroxylation is 3. The van der Waals surface area contributed by atoms with E-state index in [2.05, 4.69) is 17.2 Å². The largest absolute Gasteiger partial charge is 0.325 e. The van der Waals surface area contributed by atoms with E-state index in [4.69, 9.17) is 23.2 Å². The van der Waals surface area contributed by atoms with Gasteiger partial charge in [0.2, 0.25) is 5.91 Å². The lowest BCUT2D eigenvalue weighted by molar-refractivity contribution is -0.113. The highest BCUT2D eigenvalue weighted by Gasteiger charge is 2.13. The van der Waals surface area contributed by atoms with E-state index in [1.807, 2.05) is 44.2 Å². The van der Waals surface area contributed by atoms with E-state index in [1.54, 1.807) is 17.4 Å². The lowest BCUT2D eigenvalue weighted by Gasteiger charge is -2.07. The van der Waals surface area contributed by atoms with Crippen LogP contribution in [0.4, 0.5) is 5.69 Å². The molecule has 7 heteroatoms. The second-order valence-corrected chi connectivity index (χ2v) is 9.69. The van der Waals surface area contributed by atoms with Gasteiger partial charge in [-0.05, 0) is 67.8 Å². The molecule has 3 aromatic rings. The second-order valence-electron chi connectivity index (χ2n) is 6.54. The standard InChI is InChI=1S/C21H20Cl2N2OS2/c1-12-4-6-17(8-13(12)2)25-20(26)11-27-21-24-14(3)19(28-21)10-15-9-16(22)5-7-18(15)23/h4-9H,10-11H2,1-3H3,(H,25,26). The van der Waals surface area contributed by atoms with Gasteiger partial charge in [0.05, 0.1) is 11.4 Å². The number of nitrogens with zero attached hydrogens (tertiary/aromatic N) is 1. The molecule has 0 fully saturated rings. The van der Waals surface area contributed by atoms with Crippen molar-refractivity contribution in [2.75, 3.05) is 11.1 Å². The van der Waals surface area contributed by atoms with Gasteiger partial charge in [0.15, 0.2) is 4.34 Å². The molecule has 0 unspecified atom stereocenters. The van der Waals surface area contributed by atoms with Gasteiger partial charge in [0, 0.05) is 27.0 Å². The lowest BCUT2D eigenvalue weighted by Crippen LogP contribution is -2.14. The molecule has 2 aromatic carbocycles. The number of halogens is 2. The van der Waals surface area contributed by atoms with Crippen molar-refractivity contribution in [3.8, 4) is 0 Å². The summed E-state index contributed by atoms with van der Waals surface area (Å²) in [6.45, 7) is 6.06.